The second-order valence-electron chi connectivity index (χ2n) is 5.86. The lowest BCUT2D eigenvalue weighted by Gasteiger charge is -2.26. The molecule has 0 bridgehead atoms. The molecular formula is C15H26N4O2. The van der Waals surface area contributed by atoms with Gasteiger partial charge in [-0.2, -0.15) is 0 Å². The highest BCUT2D eigenvalue weighted by molar-refractivity contribution is 5.30. The molecule has 1 aromatic rings. The van der Waals surface area contributed by atoms with Crippen LogP contribution in [0.5, 0.6) is 0 Å². The van der Waals surface area contributed by atoms with Gasteiger partial charge >= 0.3 is 0 Å². The van der Waals surface area contributed by atoms with Crippen LogP contribution in [0.25, 0.3) is 0 Å². The normalized spacial score (nSPS) is 16.3. The molecule has 0 radical (unpaired) electrons. The van der Waals surface area contributed by atoms with E-state index in [4.69, 9.17) is 4.74 Å². The van der Waals surface area contributed by atoms with Crippen LogP contribution in [0.15, 0.2) is 17.2 Å². The zero-order valence-electron chi connectivity index (χ0n) is 13.0. The molecule has 0 atom stereocenters. The highest BCUT2D eigenvalue weighted by Gasteiger charge is 2.10. The number of nitrogens with zero attached hydrogens (tertiary/aromatic N) is 3. The third kappa shape index (κ3) is 5.13. The minimum absolute atomic E-state index is 0.0300. The summed E-state index contributed by atoms with van der Waals surface area (Å²) in [4.78, 5) is 18.8. The number of ether oxygens (including phenoxy) is 1. The Bertz CT molecular complexity index is 481. The lowest BCUT2D eigenvalue weighted by Crippen LogP contribution is -2.37. The molecule has 0 amide bonds. The van der Waals surface area contributed by atoms with Gasteiger partial charge in [-0.25, -0.2) is 4.98 Å². The fraction of sp³-hybridized carbons (Fsp3) is 0.733. The first kappa shape index (κ1) is 16.0. The molecule has 1 saturated heterocycles. The summed E-state index contributed by atoms with van der Waals surface area (Å²) >= 11 is 0. The van der Waals surface area contributed by atoms with Gasteiger partial charge in [-0.15, -0.1) is 0 Å². The van der Waals surface area contributed by atoms with Gasteiger partial charge in [-0.3, -0.25) is 9.69 Å². The SMILES string of the molecule is CC(C)Cn1ccnc(NCCCN2CCOCC2)c1=O. The van der Waals surface area contributed by atoms with E-state index in [1.54, 1.807) is 17.0 Å². The molecule has 1 aromatic heterocycles. The maximum absolute atomic E-state index is 12.2. The van der Waals surface area contributed by atoms with Crippen molar-refractivity contribution in [3.05, 3.63) is 22.7 Å². The third-order valence-electron chi connectivity index (χ3n) is 3.52. The van der Waals surface area contributed by atoms with Gasteiger partial charge in [0.25, 0.3) is 5.56 Å². The molecule has 118 valence electrons. The molecular weight excluding hydrogens is 268 g/mol. The maximum atomic E-state index is 12.2. The van der Waals surface area contributed by atoms with E-state index in [1.807, 2.05) is 0 Å². The minimum atomic E-state index is -0.0300. The fourth-order valence-corrected chi connectivity index (χ4v) is 2.44. The van der Waals surface area contributed by atoms with E-state index in [-0.39, 0.29) is 5.56 Å². The molecule has 1 N–H and O–H groups in total. The van der Waals surface area contributed by atoms with Crippen LogP contribution < -0.4 is 10.9 Å². The van der Waals surface area contributed by atoms with Crippen molar-refractivity contribution in [2.24, 2.45) is 5.92 Å². The maximum Gasteiger partial charge on any atom is 0.293 e. The molecule has 0 aliphatic carbocycles. The van der Waals surface area contributed by atoms with E-state index in [2.05, 4.69) is 29.0 Å². The van der Waals surface area contributed by atoms with Crippen molar-refractivity contribution in [1.29, 1.82) is 0 Å². The molecule has 0 saturated carbocycles. The largest absolute Gasteiger partial charge is 0.379 e. The number of rotatable bonds is 7. The van der Waals surface area contributed by atoms with Gasteiger partial charge in [0.15, 0.2) is 5.82 Å². The highest BCUT2D eigenvalue weighted by atomic mass is 16.5. The quantitative estimate of drug-likeness (QED) is 0.761. The monoisotopic (exact) mass is 294 g/mol. The van der Waals surface area contributed by atoms with Crippen LogP contribution >= 0.6 is 0 Å². The van der Waals surface area contributed by atoms with Crippen LogP contribution in [0.3, 0.4) is 0 Å². The second kappa shape index (κ2) is 8.14. The zero-order chi connectivity index (χ0) is 15.1. The van der Waals surface area contributed by atoms with E-state index in [0.29, 0.717) is 11.7 Å². The average molecular weight is 294 g/mol. The van der Waals surface area contributed by atoms with Gasteiger partial charge in [0.05, 0.1) is 13.2 Å². The Morgan fingerprint density at radius 3 is 2.86 bits per heavy atom. The Labute approximate surface area is 126 Å². The lowest BCUT2D eigenvalue weighted by atomic mass is 10.2. The van der Waals surface area contributed by atoms with Gasteiger partial charge < -0.3 is 14.6 Å². The summed E-state index contributed by atoms with van der Waals surface area (Å²) in [6.07, 6.45) is 4.44. The zero-order valence-corrected chi connectivity index (χ0v) is 13.0. The molecule has 2 heterocycles. The van der Waals surface area contributed by atoms with Gasteiger partial charge in [0.1, 0.15) is 0 Å². The lowest BCUT2D eigenvalue weighted by molar-refractivity contribution is 0.0378. The van der Waals surface area contributed by atoms with E-state index < -0.39 is 0 Å². The van der Waals surface area contributed by atoms with Crippen LogP contribution in [-0.2, 0) is 11.3 Å². The topological polar surface area (TPSA) is 59.4 Å². The molecule has 0 spiro atoms. The van der Waals surface area contributed by atoms with E-state index >= 15 is 0 Å². The first-order chi connectivity index (χ1) is 10.2. The molecule has 1 aliphatic heterocycles. The second-order valence-corrected chi connectivity index (χ2v) is 5.86. The average Bonchev–Trinajstić information content (AvgIpc) is 2.48. The smallest absolute Gasteiger partial charge is 0.293 e. The van der Waals surface area contributed by atoms with Crippen LogP contribution in [0.2, 0.25) is 0 Å². The predicted octanol–water partition coefficient (Wildman–Crippen LogP) is 1.03. The summed E-state index contributed by atoms with van der Waals surface area (Å²) in [7, 11) is 0. The summed E-state index contributed by atoms with van der Waals surface area (Å²) < 4.78 is 7.05. The Hall–Kier alpha value is -1.40. The summed E-state index contributed by atoms with van der Waals surface area (Å²) in [6.45, 7) is 10.4. The van der Waals surface area contributed by atoms with Gasteiger partial charge in [0.2, 0.25) is 0 Å². The van der Waals surface area contributed by atoms with Gasteiger partial charge in [-0.1, -0.05) is 13.8 Å². The van der Waals surface area contributed by atoms with E-state index in [1.165, 1.54) is 0 Å². The molecule has 6 nitrogen and oxygen atoms in total. The molecule has 2 rings (SSSR count). The van der Waals surface area contributed by atoms with Gasteiger partial charge in [-0.05, 0) is 18.9 Å². The van der Waals surface area contributed by atoms with Crippen molar-refractivity contribution in [1.82, 2.24) is 14.5 Å². The van der Waals surface area contributed by atoms with E-state index in [9.17, 15) is 4.79 Å². The van der Waals surface area contributed by atoms with Crippen LogP contribution in [0, 0.1) is 5.92 Å². The van der Waals surface area contributed by atoms with Crippen molar-refractivity contribution in [3.8, 4) is 0 Å². The number of hydrogen-bond acceptors (Lipinski definition) is 5. The molecule has 0 aromatic carbocycles. The highest BCUT2D eigenvalue weighted by Crippen LogP contribution is 2.00. The van der Waals surface area contributed by atoms with Crippen LogP contribution in [0.1, 0.15) is 20.3 Å². The van der Waals surface area contributed by atoms with Crippen molar-refractivity contribution >= 4 is 5.82 Å². The number of anilines is 1. The van der Waals surface area contributed by atoms with Gasteiger partial charge in [0, 0.05) is 38.6 Å². The Balaban J connectivity index is 1.78. The molecule has 21 heavy (non-hydrogen) atoms. The number of hydrogen-bond donors (Lipinski definition) is 1. The number of nitrogens with one attached hydrogen (secondary N) is 1. The summed E-state index contributed by atoms with van der Waals surface area (Å²) in [5, 5.41) is 3.16. The Morgan fingerprint density at radius 1 is 1.38 bits per heavy atom. The first-order valence-corrected chi connectivity index (χ1v) is 7.76. The molecule has 6 heteroatoms. The Kier molecular flexibility index (Phi) is 6.20. The summed E-state index contributed by atoms with van der Waals surface area (Å²) in [5.74, 6) is 0.902. The first-order valence-electron chi connectivity index (χ1n) is 7.76. The summed E-state index contributed by atoms with van der Waals surface area (Å²) in [5.41, 5.74) is -0.0300. The van der Waals surface area contributed by atoms with Crippen molar-refractivity contribution in [2.45, 2.75) is 26.8 Å². The Morgan fingerprint density at radius 2 is 2.14 bits per heavy atom. The van der Waals surface area contributed by atoms with Crippen LogP contribution in [-0.4, -0.2) is 53.8 Å². The molecule has 1 aliphatic rings. The minimum Gasteiger partial charge on any atom is -0.379 e. The standard InChI is InChI=1S/C15H26N4O2/c1-13(2)12-19-7-5-17-14(15(19)20)16-4-3-6-18-8-10-21-11-9-18/h5,7,13H,3-4,6,8-12H2,1-2H3,(H,16,17). The van der Waals surface area contributed by atoms with Crippen molar-refractivity contribution in [3.63, 3.8) is 0 Å². The fourth-order valence-electron chi connectivity index (χ4n) is 2.44. The van der Waals surface area contributed by atoms with Crippen molar-refractivity contribution in [2.75, 3.05) is 44.7 Å². The molecule has 1 fully saturated rings. The third-order valence-corrected chi connectivity index (χ3v) is 3.52. The van der Waals surface area contributed by atoms with E-state index in [0.717, 1.165) is 52.4 Å². The number of aromatic nitrogens is 2. The van der Waals surface area contributed by atoms with Crippen LogP contribution in [0.4, 0.5) is 5.82 Å². The molecule has 0 unspecified atom stereocenters. The predicted molar refractivity (Wildman–Crippen MR) is 83.7 cm³/mol. The summed E-state index contributed by atoms with van der Waals surface area (Å²) in [6, 6.07) is 0. The van der Waals surface area contributed by atoms with Crippen molar-refractivity contribution < 1.29 is 4.74 Å². The number of morpholine rings is 1.